The monoisotopic (exact) mass is 263 g/mol. The molecule has 1 atom stereocenters. The predicted octanol–water partition coefficient (Wildman–Crippen LogP) is 2.68. The minimum atomic E-state index is -0.637. The zero-order valence-corrected chi connectivity index (χ0v) is 11.0. The lowest BCUT2D eigenvalue weighted by Gasteiger charge is -2.18. The summed E-state index contributed by atoms with van der Waals surface area (Å²) in [5.74, 6) is -0.569. The molecule has 5 heteroatoms. The molecule has 0 saturated heterocycles. The van der Waals surface area contributed by atoms with Gasteiger partial charge in [0, 0.05) is 11.8 Å². The van der Waals surface area contributed by atoms with E-state index in [1.165, 1.54) is 12.1 Å². The minimum absolute atomic E-state index is 0.0133. The molecule has 0 aliphatic carbocycles. The number of rotatable bonds is 3. The highest BCUT2D eigenvalue weighted by molar-refractivity contribution is 5.34. The molecule has 0 aliphatic rings. The van der Waals surface area contributed by atoms with Gasteiger partial charge < -0.3 is 5.32 Å². The number of nitrogens with zero attached hydrogens (tertiary/aromatic N) is 2. The van der Waals surface area contributed by atoms with Crippen molar-refractivity contribution < 1.29 is 8.78 Å². The van der Waals surface area contributed by atoms with Gasteiger partial charge in [-0.15, -0.1) is 0 Å². The Morgan fingerprint density at radius 3 is 2.53 bits per heavy atom. The van der Waals surface area contributed by atoms with Gasteiger partial charge >= 0.3 is 0 Å². The molecule has 0 aliphatic heterocycles. The van der Waals surface area contributed by atoms with Gasteiger partial charge in [0.15, 0.2) is 0 Å². The van der Waals surface area contributed by atoms with Crippen molar-refractivity contribution >= 4 is 0 Å². The first-order valence-electron chi connectivity index (χ1n) is 5.96. The summed E-state index contributed by atoms with van der Waals surface area (Å²) in [7, 11) is 1.64. The highest BCUT2D eigenvalue weighted by Crippen LogP contribution is 2.27. The molecule has 1 aromatic carbocycles. The van der Waals surface area contributed by atoms with Crippen LogP contribution in [0.5, 0.6) is 0 Å². The SMILES string of the molecule is CNC(c1ccnc(C)n1)c1c(F)ccc(C)c1F. The summed E-state index contributed by atoms with van der Waals surface area (Å²) in [4.78, 5) is 8.21. The molecule has 1 heterocycles. The van der Waals surface area contributed by atoms with Crippen LogP contribution >= 0.6 is 0 Å². The Bertz CT molecular complexity index is 599. The molecule has 0 radical (unpaired) electrons. The standard InChI is InChI=1S/C14H15F2N3/c1-8-4-5-10(15)12(13(8)16)14(17-3)11-6-7-18-9(2)19-11/h4-7,14,17H,1-3H3. The van der Waals surface area contributed by atoms with Gasteiger partial charge in [-0.2, -0.15) is 0 Å². The second kappa shape index (κ2) is 5.40. The largest absolute Gasteiger partial charge is 0.308 e. The number of benzene rings is 1. The Hall–Kier alpha value is -1.88. The van der Waals surface area contributed by atoms with E-state index >= 15 is 0 Å². The summed E-state index contributed by atoms with van der Waals surface area (Å²) in [6, 6.07) is 3.70. The summed E-state index contributed by atoms with van der Waals surface area (Å²) in [6.45, 7) is 3.34. The second-order valence-corrected chi connectivity index (χ2v) is 4.34. The maximum Gasteiger partial charge on any atom is 0.134 e. The predicted molar refractivity (Wildman–Crippen MR) is 68.8 cm³/mol. The zero-order chi connectivity index (χ0) is 14.0. The fourth-order valence-corrected chi connectivity index (χ4v) is 2.02. The first-order chi connectivity index (χ1) is 9.04. The number of nitrogens with one attached hydrogen (secondary N) is 1. The van der Waals surface area contributed by atoms with E-state index in [9.17, 15) is 8.78 Å². The minimum Gasteiger partial charge on any atom is -0.308 e. The summed E-state index contributed by atoms with van der Waals surface area (Å²) >= 11 is 0. The van der Waals surface area contributed by atoms with Crippen molar-refractivity contribution in [2.45, 2.75) is 19.9 Å². The number of aryl methyl sites for hydroxylation is 2. The van der Waals surface area contributed by atoms with Crippen LogP contribution in [0.3, 0.4) is 0 Å². The van der Waals surface area contributed by atoms with Crippen LogP contribution in [-0.2, 0) is 0 Å². The summed E-state index contributed by atoms with van der Waals surface area (Å²) in [5, 5.41) is 2.90. The van der Waals surface area contributed by atoms with Gasteiger partial charge in [0.2, 0.25) is 0 Å². The first kappa shape index (κ1) is 13.5. The highest BCUT2D eigenvalue weighted by atomic mass is 19.1. The molecule has 1 aromatic heterocycles. The van der Waals surface area contributed by atoms with E-state index in [1.54, 1.807) is 33.2 Å². The molecule has 0 spiro atoms. The molecule has 0 fully saturated rings. The Balaban J connectivity index is 2.57. The Morgan fingerprint density at radius 1 is 1.16 bits per heavy atom. The van der Waals surface area contributed by atoms with Gasteiger partial charge in [0.05, 0.1) is 11.7 Å². The molecule has 3 nitrogen and oxygen atoms in total. The lowest BCUT2D eigenvalue weighted by molar-refractivity contribution is 0.512. The van der Waals surface area contributed by atoms with E-state index in [-0.39, 0.29) is 5.56 Å². The topological polar surface area (TPSA) is 37.8 Å². The molecule has 0 amide bonds. The third-order valence-corrected chi connectivity index (χ3v) is 2.99. The summed E-state index contributed by atoms with van der Waals surface area (Å²) < 4.78 is 28.1. The number of hydrogen-bond donors (Lipinski definition) is 1. The van der Waals surface area contributed by atoms with Crippen LogP contribution in [0.4, 0.5) is 8.78 Å². The van der Waals surface area contributed by atoms with Crippen LogP contribution in [0.1, 0.15) is 28.7 Å². The molecule has 0 bridgehead atoms. The van der Waals surface area contributed by atoms with Crippen molar-refractivity contribution in [3.05, 3.63) is 58.7 Å². The maximum atomic E-state index is 14.2. The molecule has 1 unspecified atom stereocenters. The van der Waals surface area contributed by atoms with Crippen LogP contribution < -0.4 is 5.32 Å². The van der Waals surface area contributed by atoms with Gasteiger partial charge in [-0.25, -0.2) is 18.7 Å². The normalized spacial score (nSPS) is 12.5. The molecule has 19 heavy (non-hydrogen) atoms. The van der Waals surface area contributed by atoms with Gasteiger partial charge in [-0.3, -0.25) is 0 Å². The van der Waals surface area contributed by atoms with E-state index < -0.39 is 17.7 Å². The Labute approximate surface area is 110 Å². The van der Waals surface area contributed by atoms with Crippen LogP contribution in [0.25, 0.3) is 0 Å². The third kappa shape index (κ3) is 2.61. The van der Waals surface area contributed by atoms with Crippen LogP contribution in [0.15, 0.2) is 24.4 Å². The van der Waals surface area contributed by atoms with Gasteiger partial charge in [-0.1, -0.05) is 6.07 Å². The van der Waals surface area contributed by atoms with E-state index in [2.05, 4.69) is 15.3 Å². The molecule has 1 N–H and O–H groups in total. The molecular weight excluding hydrogens is 248 g/mol. The summed E-state index contributed by atoms with van der Waals surface area (Å²) in [5.41, 5.74) is 0.932. The van der Waals surface area contributed by atoms with Crippen LogP contribution in [0.2, 0.25) is 0 Å². The molecule has 100 valence electrons. The number of hydrogen-bond acceptors (Lipinski definition) is 3. The summed E-state index contributed by atoms with van der Waals surface area (Å²) in [6.07, 6.45) is 1.58. The highest BCUT2D eigenvalue weighted by Gasteiger charge is 2.23. The van der Waals surface area contributed by atoms with Crippen molar-refractivity contribution in [3.8, 4) is 0 Å². The quantitative estimate of drug-likeness (QED) is 0.925. The Kier molecular flexibility index (Phi) is 3.85. The first-order valence-corrected chi connectivity index (χ1v) is 5.96. The molecule has 2 aromatic rings. The number of aromatic nitrogens is 2. The van der Waals surface area contributed by atoms with Gasteiger partial charge in [0.1, 0.15) is 17.5 Å². The Morgan fingerprint density at radius 2 is 1.89 bits per heavy atom. The molecule has 0 saturated carbocycles. The smallest absolute Gasteiger partial charge is 0.134 e. The van der Waals surface area contributed by atoms with Crippen molar-refractivity contribution in [2.75, 3.05) is 7.05 Å². The van der Waals surface area contributed by atoms with Crippen molar-refractivity contribution in [2.24, 2.45) is 0 Å². The van der Waals surface area contributed by atoms with Crippen LogP contribution in [-0.4, -0.2) is 17.0 Å². The molecular formula is C14H15F2N3. The number of halogens is 2. The van der Waals surface area contributed by atoms with E-state index in [0.717, 1.165) is 0 Å². The van der Waals surface area contributed by atoms with Gasteiger partial charge in [-0.05, 0) is 38.6 Å². The van der Waals surface area contributed by atoms with Crippen molar-refractivity contribution in [1.82, 2.24) is 15.3 Å². The van der Waals surface area contributed by atoms with E-state index in [1.807, 2.05) is 0 Å². The second-order valence-electron chi connectivity index (χ2n) is 4.34. The average molecular weight is 263 g/mol. The fraction of sp³-hybridized carbons (Fsp3) is 0.286. The van der Waals surface area contributed by atoms with E-state index in [4.69, 9.17) is 0 Å². The molecule has 2 rings (SSSR count). The van der Waals surface area contributed by atoms with E-state index in [0.29, 0.717) is 17.1 Å². The maximum absolute atomic E-state index is 14.2. The lowest BCUT2D eigenvalue weighted by Crippen LogP contribution is -2.22. The van der Waals surface area contributed by atoms with Gasteiger partial charge in [0.25, 0.3) is 0 Å². The van der Waals surface area contributed by atoms with Crippen molar-refractivity contribution in [3.63, 3.8) is 0 Å². The lowest BCUT2D eigenvalue weighted by atomic mass is 10.00. The third-order valence-electron chi connectivity index (χ3n) is 2.99. The van der Waals surface area contributed by atoms with Crippen molar-refractivity contribution in [1.29, 1.82) is 0 Å². The average Bonchev–Trinajstić information content (AvgIpc) is 2.39. The fourth-order valence-electron chi connectivity index (χ4n) is 2.02. The zero-order valence-electron chi connectivity index (χ0n) is 11.0. The van der Waals surface area contributed by atoms with Crippen LogP contribution in [0, 0.1) is 25.5 Å².